The Balaban J connectivity index is 1.50. The fourth-order valence-corrected chi connectivity index (χ4v) is 5.79. The van der Waals surface area contributed by atoms with Crippen molar-refractivity contribution in [1.82, 2.24) is 19.6 Å². The number of rotatable bonds is 1. The molecule has 180 valence electrons. The van der Waals surface area contributed by atoms with Crippen LogP contribution in [0.1, 0.15) is 27.9 Å². The number of aryl methyl sites for hydroxylation is 2. The topological polar surface area (TPSA) is 49.2 Å². The highest BCUT2D eigenvalue weighted by Crippen LogP contribution is 2.40. The lowest BCUT2D eigenvalue weighted by atomic mass is 9.95. The van der Waals surface area contributed by atoms with E-state index in [-0.39, 0.29) is 0 Å². The first-order valence-corrected chi connectivity index (χ1v) is 11.9. The number of halogens is 3. The molecule has 0 saturated carbocycles. The highest BCUT2D eigenvalue weighted by molar-refractivity contribution is 6.23. The second kappa shape index (κ2) is 7.22. The summed E-state index contributed by atoms with van der Waals surface area (Å²) in [5, 5.41) is 8.27. The van der Waals surface area contributed by atoms with Gasteiger partial charge in [-0.1, -0.05) is 18.2 Å². The Labute approximate surface area is 204 Å². The first-order chi connectivity index (χ1) is 17.3. The van der Waals surface area contributed by atoms with Crippen LogP contribution in [0, 0.1) is 13.8 Å². The molecule has 2 aromatic carbocycles. The molecule has 4 aromatic heterocycles. The second-order valence-electron chi connectivity index (χ2n) is 9.62. The van der Waals surface area contributed by atoms with Gasteiger partial charge in [-0.25, -0.2) is 4.98 Å². The zero-order valence-corrected chi connectivity index (χ0v) is 19.7. The van der Waals surface area contributed by atoms with Crippen molar-refractivity contribution < 1.29 is 13.2 Å². The number of aromatic amines is 1. The minimum Gasteiger partial charge on any atom is -0.352 e. The van der Waals surface area contributed by atoms with Gasteiger partial charge in [-0.3, -0.25) is 14.6 Å². The maximum Gasteiger partial charge on any atom is 0.417 e. The van der Waals surface area contributed by atoms with Gasteiger partial charge in [0.2, 0.25) is 0 Å². The Morgan fingerprint density at radius 1 is 0.917 bits per heavy atom. The van der Waals surface area contributed by atoms with Crippen molar-refractivity contribution in [2.24, 2.45) is 0 Å². The molecule has 7 rings (SSSR count). The van der Waals surface area contributed by atoms with Crippen LogP contribution < -0.4 is 4.90 Å². The average molecular weight is 486 g/mol. The Hall–Kier alpha value is -4.07. The Morgan fingerprint density at radius 2 is 1.78 bits per heavy atom. The van der Waals surface area contributed by atoms with E-state index in [0.717, 1.165) is 62.8 Å². The van der Waals surface area contributed by atoms with E-state index in [2.05, 4.69) is 68.7 Å². The first-order valence-electron chi connectivity index (χ1n) is 11.9. The van der Waals surface area contributed by atoms with Crippen molar-refractivity contribution in [3.63, 3.8) is 0 Å². The molecule has 0 aliphatic carbocycles. The van der Waals surface area contributed by atoms with Crippen molar-refractivity contribution in [2.45, 2.75) is 33.0 Å². The maximum atomic E-state index is 13.1. The summed E-state index contributed by atoms with van der Waals surface area (Å²) in [7, 11) is 0. The summed E-state index contributed by atoms with van der Waals surface area (Å²) in [6.45, 7) is 5.43. The van der Waals surface area contributed by atoms with E-state index in [1.807, 2.05) is 6.20 Å². The number of pyridine rings is 2. The molecule has 0 radical (unpaired) electrons. The van der Waals surface area contributed by atoms with E-state index in [9.17, 15) is 13.2 Å². The molecule has 6 aromatic rings. The summed E-state index contributed by atoms with van der Waals surface area (Å²) in [6.07, 6.45) is -0.888. The maximum absolute atomic E-state index is 13.1. The molecule has 5 heterocycles. The summed E-state index contributed by atoms with van der Waals surface area (Å²) in [4.78, 5) is 10.8. The van der Waals surface area contributed by atoms with Crippen LogP contribution in [0.5, 0.6) is 0 Å². The normalized spacial score (nSPS) is 14.4. The van der Waals surface area contributed by atoms with Gasteiger partial charge >= 0.3 is 6.18 Å². The average Bonchev–Trinajstić information content (AvgIpc) is 3.49. The Bertz CT molecular complexity index is 1830. The molecule has 0 fully saturated rings. The van der Waals surface area contributed by atoms with E-state index in [1.165, 1.54) is 22.4 Å². The number of hydrogen-bond donors (Lipinski definition) is 1. The van der Waals surface area contributed by atoms with E-state index in [4.69, 9.17) is 0 Å². The first kappa shape index (κ1) is 21.2. The predicted molar refractivity (Wildman–Crippen MR) is 136 cm³/mol. The largest absolute Gasteiger partial charge is 0.417 e. The molecule has 36 heavy (non-hydrogen) atoms. The third kappa shape index (κ3) is 2.90. The van der Waals surface area contributed by atoms with Gasteiger partial charge in [-0.15, -0.1) is 0 Å². The molecule has 8 heteroatoms. The van der Waals surface area contributed by atoms with E-state index in [1.54, 1.807) is 0 Å². The fourth-order valence-electron chi connectivity index (χ4n) is 5.79. The number of hydrogen-bond acceptors (Lipinski definition) is 3. The van der Waals surface area contributed by atoms with E-state index >= 15 is 0 Å². The third-order valence-electron chi connectivity index (χ3n) is 7.46. The van der Waals surface area contributed by atoms with Gasteiger partial charge in [0.1, 0.15) is 5.82 Å². The zero-order valence-electron chi connectivity index (χ0n) is 19.7. The molecule has 0 unspecified atom stereocenters. The number of nitrogens with one attached hydrogen (secondary N) is 1. The number of alkyl halides is 3. The standard InChI is InChI=1S/C28H22F3N5/c1-15-4-3-5-18-20-12-16(2)25-19(8-10-32-25)24(20)27-21-14-35(11-9-22(21)34-36(27)26(15)18)23-7-6-17(13-33-23)28(29,30)31/h3-8,10,12-13,34H,9,11,14H2,1-2H3. The molecule has 0 bridgehead atoms. The summed E-state index contributed by atoms with van der Waals surface area (Å²) >= 11 is 0. The monoisotopic (exact) mass is 485 g/mol. The molecular formula is C28H22F3N5. The number of fused-ring (bicyclic) bond motifs is 10. The lowest BCUT2D eigenvalue weighted by Crippen LogP contribution is -2.30. The predicted octanol–water partition coefficient (Wildman–Crippen LogP) is 6.72. The van der Waals surface area contributed by atoms with Crippen LogP contribution in [0.25, 0.3) is 38.1 Å². The van der Waals surface area contributed by atoms with Gasteiger partial charge in [0.15, 0.2) is 0 Å². The third-order valence-corrected chi connectivity index (χ3v) is 7.46. The molecule has 0 atom stereocenters. The van der Waals surface area contributed by atoms with Gasteiger partial charge in [0.25, 0.3) is 0 Å². The molecule has 1 aliphatic rings. The zero-order chi connectivity index (χ0) is 24.8. The van der Waals surface area contributed by atoms with Crippen molar-refractivity contribution >= 4 is 43.9 Å². The smallest absolute Gasteiger partial charge is 0.352 e. The molecule has 5 nitrogen and oxygen atoms in total. The molecule has 1 aliphatic heterocycles. The van der Waals surface area contributed by atoms with Crippen molar-refractivity contribution in [3.05, 3.63) is 82.8 Å². The van der Waals surface area contributed by atoms with Crippen molar-refractivity contribution in [3.8, 4) is 0 Å². The van der Waals surface area contributed by atoms with E-state index < -0.39 is 11.7 Å². The van der Waals surface area contributed by atoms with Crippen LogP contribution >= 0.6 is 0 Å². The SMILES string of the molecule is Cc1cc2c3cccc(C)c3n3[nH]c4c(c3c2c2ccnc12)CN(c1ccc(C(F)(F)F)cn1)CC4. The van der Waals surface area contributed by atoms with Crippen LogP contribution in [0.2, 0.25) is 0 Å². The van der Waals surface area contributed by atoms with Crippen LogP contribution in [0.4, 0.5) is 19.0 Å². The summed E-state index contributed by atoms with van der Waals surface area (Å²) in [5.41, 5.74) is 7.07. The van der Waals surface area contributed by atoms with Gasteiger partial charge < -0.3 is 4.90 Å². The fraction of sp³-hybridized carbons (Fsp3) is 0.214. The number of aromatic nitrogens is 4. The minimum absolute atomic E-state index is 0.547. The highest BCUT2D eigenvalue weighted by Gasteiger charge is 2.31. The number of benzene rings is 2. The molecule has 1 N–H and O–H groups in total. The van der Waals surface area contributed by atoms with Gasteiger partial charge in [-0.2, -0.15) is 13.2 Å². The van der Waals surface area contributed by atoms with Gasteiger partial charge in [0, 0.05) is 59.3 Å². The van der Waals surface area contributed by atoms with Crippen LogP contribution in [-0.4, -0.2) is 26.1 Å². The highest BCUT2D eigenvalue weighted by atomic mass is 19.4. The second-order valence-corrected chi connectivity index (χ2v) is 9.62. The quantitative estimate of drug-likeness (QED) is 0.263. The number of H-pyrrole nitrogens is 1. The van der Waals surface area contributed by atoms with Crippen molar-refractivity contribution in [1.29, 1.82) is 0 Å². The molecule has 0 spiro atoms. The lowest BCUT2D eigenvalue weighted by Gasteiger charge is -2.28. The van der Waals surface area contributed by atoms with E-state index in [0.29, 0.717) is 18.9 Å². The number of anilines is 1. The number of para-hydroxylation sites is 1. The van der Waals surface area contributed by atoms with Gasteiger partial charge in [-0.05, 0) is 54.6 Å². The number of nitrogens with zero attached hydrogens (tertiary/aromatic N) is 4. The van der Waals surface area contributed by atoms with Crippen LogP contribution in [0.15, 0.2) is 54.9 Å². The summed E-state index contributed by atoms with van der Waals surface area (Å²) in [5.74, 6) is 0.547. The Morgan fingerprint density at radius 3 is 2.56 bits per heavy atom. The summed E-state index contributed by atoms with van der Waals surface area (Å²) in [6, 6.07) is 13.2. The van der Waals surface area contributed by atoms with Gasteiger partial charge in [0.05, 0.1) is 22.1 Å². The molecule has 0 saturated heterocycles. The van der Waals surface area contributed by atoms with Crippen LogP contribution in [0.3, 0.4) is 0 Å². The Kier molecular flexibility index (Phi) is 4.26. The minimum atomic E-state index is -4.40. The summed E-state index contributed by atoms with van der Waals surface area (Å²) < 4.78 is 41.4. The lowest BCUT2D eigenvalue weighted by molar-refractivity contribution is -0.137. The molecule has 0 amide bonds. The van der Waals surface area contributed by atoms with Crippen LogP contribution in [-0.2, 0) is 19.1 Å². The van der Waals surface area contributed by atoms with Crippen molar-refractivity contribution in [2.75, 3.05) is 11.4 Å². The molecular weight excluding hydrogens is 463 g/mol.